The van der Waals surface area contributed by atoms with Crippen molar-refractivity contribution < 1.29 is 9.59 Å². The number of primary amides is 1. The lowest BCUT2D eigenvalue weighted by atomic mass is 9.80. The van der Waals surface area contributed by atoms with Crippen LogP contribution in [-0.4, -0.2) is 36.9 Å². The van der Waals surface area contributed by atoms with Crippen molar-refractivity contribution in [1.82, 2.24) is 5.32 Å². The number of rotatable bonds is 4. The summed E-state index contributed by atoms with van der Waals surface area (Å²) in [5.41, 5.74) is 15.4. The van der Waals surface area contributed by atoms with Gasteiger partial charge in [0.25, 0.3) is 0 Å². The minimum atomic E-state index is -0.556. The molecule has 0 aliphatic heterocycles. The topological polar surface area (TPSA) is 124 Å². The third kappa shape index (κ3) is 6.09. The van der Waals surface area contributed by atoms with E-state index < -0.39 is 17.5 Å². The summed E-state index contributed by atoms with van der Waals surface area (Å²) < 4.78 is 0. The van der Waals surface area contributed by atoms with Crippen molar-refractivity contribution in [2.75, 3.05) is 13.6 Å². The van der Waals surface area contributed by atoms with Crippen molar-refractivity contribution in [2.45, 2.75) is 50.6 Å². The predicted molar refractivity (Wildman–Crippen MR) is 71.8 cm³/mol. The molecular weight excluding hydrogens is 232 g/mol. The van der Waals surface area contributed by atoms with E-state index >= 15 is 0 Å². The molecule has 1 unspecified atom stereocenters. The second kappa shape index (κ2) is 8.18. The summed E-state index contributed by atoms with van der Waals surface area (Å²) >= 11 is 0. The van der Waals surface area contributed by atoms with Crippen molar-refractivity contribution in [3.05, 3.63) is 0 Å². The first-order valence-corrected chi connectivity index (χ1v) is 6.33. The molecule has 0 radical (unpaired) electrons. The van der Waals surface area contributed by atoms with Crippen LogP contribution in [0.3, 0.4) is 0 Å². The van der Waals surface area contributed by atoms with Gasteiger partial charge in [-0.05, 0) is 26.8 Å². The van der Waals surface area contributed by atoms with E-state index in [1.165, 1.54) is 6.42 Å². The van der Waals surface area contributed by atoms with Crippen molar-refractivity contribution in [3.8, 4) is 0 Å². The van der Waals surface area contributed by atoms with E-state index in [0.29, 0.717) is 6.54 Å². The highest BCUT2D eigenvalue weighted by Crippen LogP contribution is 2.26. The fraction of sp³-hybridized carbons (Fsp3) is 0.833. The summed E-state index contributed by atoms with van der Waals surface area (Å²) in [5, 5.41) is 2.72. The van der Waals surface area contributed by atoms with E-state index in [1.54, 1.807) is 14.0 Å². The number of hydrogen-bond acceptors (Lipinski definition) is 5. The van der Waals surface area contributed by atoms with Crippen molar-refractivity contribution >= 4 is 11.7 Å². The smallest absolute Gasteiger partial charge is 0.235 e. The number of ketones is 1. The monoisotopic (exact) mass is 258 g/mol. The molecular formula is C12H26N4O2. The molecule has 6 nitrogen and oxygen atoms in total. The standard InChI is InChI=1S/C8H15NO.C4H11N3O/c1-7(10)8(9)5-3-2-4-6-8;1-7-2-3(5)4(6)8/h2-6,9H2,1H3;3,7H,2,5H2,1H3,(H2,6,8). The first kappa shape index (κ1) is 17.0. The van der Waals surface area contributed by atoms with Gasteiger partial charge < -0.3 is 22.5 Å². The zero-order valence-corrected chi connectivity index (χ0v) is 11.4. The molecule has 0 aromatic heterocycles. The Morgan fingerprint density at radius 1 is 1.28 bits per heavy atom. The Hall–Kier alpha value is -0.980. The summed E-state index contributed by atoms with van der Waals surface area (Å²) in [6, 6.07) is -0.556. The Balaban J connectivity index is 0.000000331. The number of Topliss-reactive ketones (excluding diaryl/α,β-unsaturated/α-hetero) is 1. The minimum absolute atomic E-state index is 0.159. The van der Waals surface area contributed by atoms with Crippen LogP contribution in [0.15, 0.2) is 0 Å². The Bertz CT molecular complexity index is 275. The third-order valence-corrected chi connectivity index (χ3v) is 3.24. The van der Waals surface area contributed by atoms with E-state index in [1.807, 2.05) is 0 Å². The number of hydrogen-bond donors (Lipinski definition) is 4. The molecule has 1 amide bonds. The fourth-order valence-corrected chi connectivity index (χ4v) is 1.86. The molecule has 0 spiro atoms. The average Bonchev–Trinajstić information content (AvgIpc) is 2.31. The molecule has 1 fully saturated rings. The maximum absolute atomic E-state index is 11.0. The Morgan fingerprint density at radius 2 is 1.78 bits per heavy atom. The predicted octanol–water partition coefficient (Wildman–Crippen LogP) is -0.745. The van der Waals surface area contributed by atoms with E-state index in [-0.39, 0.29) is 5.78 Å². The van der Waals surface area contributed by atoms with Gasteiger partial charge in [-0.2, -0.15) is 0 Å². The summed E-state index contributed by atoms with van der Waals surface area (Å²) in [7, 11) is 1.71. The quantitative estimate of drug-likeness (QED) is 0.528. The molecule has 7 N–H and O–H groups in total. The van der Waals surface area contributed by atoms with Gasteiger partial charge in [0.1, 0.15) is 5.78 Å². The van der Waals surface area contributed by atoms with Crippen LogP contribution in [0.5, 0.6) is 0 Å². The van der Waals surface area contributed by atoms with Gasteiger partial charge in [-0.25, -0.2) is 0 Å². The molecule has 0 saturated heterocycles. The van der Waals surface area contributed by atoms with Crippen LogP contribution in [0.1, 0.15) is 39.0 Å². The number of likely N-dealkylation sites (N-methyl/N-ethyl adjacent to an activating group) is 1. The lowest BCUT2D eigenvalue weighted by Gasteiger charge is -2.30. The molecule has 0 bridgehead atoms. The van der Waals surface area contributed by atoms with Crippen LogP contribution in [0.4, 0.5) is 0 Å². The molecule has 1 aliphatic rings. The minimum Gasteiger partial charge on any atom is -0.368 e. The van der Waals surface area contributed by atoms with Crippen molar-refractivity contribution in [2.24, 2.45) is 17.2 Å². The Labute approximate surface area is 109 Å². The van der Waals surface area contributed by atoms with Crippen molar-refractivity contribution in [1.29, 1.82) is 0 Å². The van der Waals surface area contributed by atoms with Crippen LogP contribution in [-0.2, 0) is 9.59 Å². The second-order valence-electron chi connectivity index (χ2n) is 4.84. The molecule has 1 rings (SSSR count). The number of nitrogens with two attached hydrogens (primary N) is 3. The van der Waals surface area contributed by atoms with E-state index in [4.69, 9.17) is 17.2 Å². The van der Waals surface area contributed by atoms with Gasteiger partial charge >= 0.3 is 0 Å². The molecule has 0 aromatic carbocycles. The van der Waals surface area contributed by atoms with Crippen LogP contribution in [0, 0.1) is 0 Å². The normalized spacial score (nSPS) is 19.3. The zero-order valence-electron chi connectivity index (χ0n) is 11.4. The van der Waals surface area contributed by atoms with Gasteiger partial charge in [0.05, 0.1) is 11.6 Å². The molecule has 0 aromatic rings. The molecule has 106 valence electrons. The highest BCUT2D eigenvalue weighted by Gasteiger charge is 2.31. The maximum Gasteiger partial charge on any atom is 0.235 e. The molecule has 1 saturated carbocycles. The maximum atomic E-state index is 11.0. The van der Waals surface area contributed by atoms with Crippen LogP contribution in [0.2, 0.25) is 0 Å². The highest BCUT2D eigenvalue weighted by molar-refractivity contribution is 5.85. The first-order valence-electron chi connectivity index (χ1n) is 6.33. The largest absolute Gasteiger partial charge is 0.368 e. The van der Waals surface area contributed by atoms with Crippen LogP contribution in [0.25, 0.3) is 0 Å². The molecule has 18 heavy (non-hydrogen) atoms. The van der Waals surface area contributed by atoms with Crippen LogP contribution >= 0.6 is 0 Å². The number of amides is 1. The lowest BCUT2D eigenvalue weighted by Crippen LogP contribution is -2.48. The van der Waals surface area contributed by atoms with Gasteiger partial charge in [-0.15, -0.1) is 0 Å². The second-order valence-corrected chi connectivity index (χ2v) is 4.84. The first-order chi connectivity index (χ1) is 8.33. The number of carbonyl (C=O) groups excluding carboxylic acids is 2. The summed E-state index contributed by atoms with van der Waals surface area (Å²) in [6.45, 7) is 2.04. The van der Waals surface area contributed by atoms with E-state index in [9.17, 15) is 9.59 Å². The van der Waals surface area contributed by atoms with Gasteiger partial charge in [0.15, 0.2) is 0 Å². The van der Waals surface area contributed by atoms with Crippen LogP contribution < -0.4 is 22.5 Å². The SMILES string of the molecule is CC(=O)C1(N)CCCCC1.CNCC(N)C(N)=O. The molecule has 1 atom stereocenters. The highest BCUT2D eigenvalue weighted by atomic mass is 16.1. The molecule has 0 heterocycles. The van der Waals surface area contributed by atoms with Gasteiger partial charge in [0, 0.05) is 6.54 Å². The lowest BCUT2D eigenvalue weighted by molar-refractivity contribution is -0.123. The third-order valence-electron chi connectivity index (χ3n) is 3.24. The summed E-state index contributed by atoms with van der Waals surface area (Å²) in [4.78, 5) is 21.1. The summed E-state index contributed by atoms with van der Waals surface area (Å²) in [6.07, 6.45) is 5.27. The van der Waals surface area contributed by atoms with Gasteiger partial charge in [0.2, 0.25) is 5.91 Å². The number of nitrogens with one attached hydrogen (secondary N) is 1. The summed E-state index contributed by atoms with van der Waals surface area (Å²) in [5.74, 6) is -0.313. The molecule has 6 heteroatoms. The average molecular weight is 258 g/mol. The van der Waals surface area contributed by atoms with E-state index in [2.05, 4.69) is 5.32 Å². The van der Waals surface area contributed by atoms with Gasteiger partial charge in [-0.1, -0.05) is 19.3 Å². The van der Waals surface area contributed by atoms with Gasteiger partial charge in [-0.3, -0.25) is 9.59 Å². The Kier molecular flexibility index (Phi) is 7.73. The van der Waals surface area contributed by atoms with E-state index in [0.717, 1.165) is 25.7 Å². The zero-order chi connectivity index (χ0) is 14.2. The number of carbonyl (C=O) groups is 2. The Morgan fingerprint density at radius 3 is 2.00 bits per heavy atom. The van der Waals surface area contributed by atoms with Crippen molar-refractivity contribution in [3.63, 3.8) is 0 Å². The molecule has 1 aliphatic carbocycles. The fourth-order valence-electron chi connectivity index (χ4n) is 1.86.